The molecule has 0 spiro atoms. The summed E-state index contributed by atoms with van der Waals surface area (Å²) in [6.07, 6.45) is 6.38. The van der Waals surface area contributed by atoms with Gasteiger partial charge in [-0.1, -0.05) is 79.4 Å². The number of amides is 1. The molecule has 0 N–H and O–H groups in total. The summed E-state index contributed by atoms with van der Waals surface area (Å²) in [6.45, 7) is 9.01. The van der Waals surface area contributed by atoms with E-state index in [0.717, 1.165) is 22.3 Å². The van der Waals surface area contributed by atoms with Crippen molar-refractivity contribution in [1.29, 1.82) is 0 Å². The van der Waals surface area contributed by atoms with Crippen LogP contribution in [-0.2, 0) is 0 Å². The molecule has 1 atom stereocenters. The van der Waals surface area contributed by atoms with E-state index in [1.807, 2.05) is 0 Å². The molecular weight excluding hydrogens is 454 g/mol. The van der Waals surface area contributed by atoms with E-state index in [1.54, 1.807) is 29.2 Å². The van der Waals surface area contributed by atoms with Crippen LogP contribution >= 0.6 is 11.6 Å². The lowest BCUT2D eigenvalue weighted by atomic mass is 9.83. The Morgan fingerprint density at radius 3 is 2.37 bits per heavy atom. The van der Waals surface area contributed by atoms with Gasteiger partial charge in [-0.2, -0.15) is 0 Å². The van der Waals surface area contributed by atoms with Crippen LogP contribution in [0.2, 0.25) is 5.02 Å². The average molecular weight is 484 g/mol. The monoisotopic (exact) mass is 483 g/mol. The highest BCUT2D eigenvalue weighted by Crippen LogP contribution is 2.41. The second kappa shape index (κ2) is 10.4. The van der Waals surface area contributed by atoms with Crippen LogP contribution in [0.1, 0.15) is 60.0 Å². The second-order valence-electron chi connectivity index (χ2n) is 9.34. The smallest absolute Gasteiger partial charge is 0.410 e. The molecule has 1 unspecified atom stereocenters. The van der Waals surface area contributed by atoms with Crippen molar-refractivity contribution in [3.8, 4) is 18.1 Å². The number of carbonyl (C=O) groups is 1. The lowest BCUT2D eigenvalue weighted by molar-refractivity contribution is 0.138. The fraction of sp³-hybridized carbons (Fsp3) is 0.258. The number of halogens is 1. The topological polar surface area (TPSA) is 29.5 Å². The first-order valence-electron chi connectivity index (χ1n) is 11.9. The molecule has 0 saturated carbocycles. The Hall–Kier alpha value is -3.48. The zero-order chi connectivity index (χ0) is 25.1. The van der Waals surface area contributed by atoms with Crippen LogP contribution in [0.15, 0.2) is 72.3 Å². The zero-order valence-corrected chi connectivity index (χ0v) is 21.4. The minimum atomic E-state index is -0.432. The molecule has 1 heterocycles. The molecule has 0 saturated heterocycles. The standard InChI is InChI=1S/C31H30ClNO2/c1-6-27-28(29-19-21(4)7-8-22(29)5)17-18-33(31(34)35-26-15-13-25(32)14-16-26)30(27)24-11-9-23(10-12-24)20(2)3/h1,7-16,19-20,30H,17-18H2,2-5H3. The van der Waals surface area contributed by atoms with Gasteiger partial charge in [0.15, 0.2) is 0 Å². The SMILES string of the molecule is C#CC1=C(c2cc(C)ccc2C)CCN(C(=O)Oc2ccc(Cl)cc2)C1c1ccc(C(C)C)cc1. The molecule has 4 rings (SSSR count). The van der Waals surface area contributed by atoms with Crippen molar-refractivity contribution in [3.05, 3.63) is 105 Å². The quantitative estimate of drug-likeness (QED) is 0.351. The Morgan fingerprint density at radius 1 is 1.06 bits per heavy atom. The molecule has 3 aromatic rings. The molecule has 3 nitrogen and oxygen atoms in total. The third kappa shape index (κ3) is 5.29. The maximum atomic E-state index is 13.4. The van der Waals surface area contributed by atoms with E-state index in [1.165, 1.54) is 16.7 Å². The van der Waals surface area contributed by atoms with E-state index < -0.39 is 12.1 Å². The van der Waals surface area contributed by atoms with E-state index in [9.17, 15) is 4.79 Å². The second-order valence-corrected chi connectivity index (χ2v) is 9.78. The van der Waals surface area contributed by atoms with Crippen LogP contribution in [0, 0.1) is 26.2 Å². The molecule has 4 heteroatoms. The minimum absolute atomic E-state index is 0.412. The fourth-order valence-corrected chi connectivity index (χ4v) is 4.72. The van der Waals surface area contributed by atoms with Gasteiger partial charge in [0, 0.05) is 17.1 Å². The van der Waals surface area contributed by atoms with Gasteiger partial charge in [-0.25, -0.2) is 4.79 Å². The molecular formula is C31H30ClNO2. The Bertz CT molecular complexity index is 1300. The van der Waals surface area contributed by atoms with Gasteiger partial charge in [0.25, 0.3) is 0 Å². The molecule has 3 aromatic carbocycles. The van der Waals surface area contributed by atoms with Crippen LogP contribution in [-0.4, -0.2) is 17.5 Å². The first-order valence-corrected chi connectivity index (χ1v) is 12.3. The van der Waals surface area contributed by atoms with Crippen molar-refractivity contribution in [1.82, 2.24) is 4.90 Å². The summed E-state index contributed by atoms with van der Waals surface area (Å²) in [5, 5.41) is 0.585. The summed E-state index contributed by atoms with van der Waals surface area (Å²) in [5.41, 5.74) is 7.62. The molecule has 1 amide bonds. The maximum absolute atomic E-state index is 13.4. The van der Waals surface area contributed by atoms with Crippen LogP contribution in [0.5, 0.6) is 5.75 Å². The van der Waals surface area contributed by atoms with Gasteiger partial charge in [-0.3, -0.25) is 4.90 Å². The normalized spacial score (nSPS) is 15.8. The van der Waals surface area contributed by atoms with Crippen LogP contribution in [0.3, 0.4) is 0 Å². The first-order chi connectivity index (χ1) is 16.8. The number of terminal acetylenes is 1. The van der Waals surface area contributed by atoms with Gasteiger partial charge in [0.05, 0.1) is 6.04 Å². The number of aryl methyl sites for hydroxylation is 2. The van der Waals surface area contributed by atoms with Gasteiger partial charge in [0.1, 0.15) is 5.75 Å². The first kappa shape index (κ1) is 24.6. The summed E-state index contributed by atoms with van der Waals surface area (Å²) in [5.74, 6) is 3.81. The van der Waals surface area contributed by atoms with E-state index in [-0.39, 0.29) is 0 Å². The molecule has 35 heavy (non-hydrogen) atoms. The number of hydrogen-bond acceptors (Lipinski definition) is 2. The molecule has 1 aliphatic rings. The largest absolute Gasteiger partial charge is 0.416 e. The number of ether oxygens (including phenoxy) is 1. The Balaban J connectivity index is 1.80. The third-order valence-corrected chi connectivity index (χ3v) is 6.81. The van der Waals surface area contributed by atoms with Gasteiger partial charge in [0.2, 0.25) is 0 Å². The summed E-state index contributed by atoms with van der Waals surface area (Å²) in [6, 6.07) is 21.2. The highest BCUT2D eigenvalue weighted by molar-refractivity contribution is 6.30. The lowest BCUT2D eigenvalue weighted by Crippen LogP contribution is -2.41. The van der Waals surface area contributed by atoms with Gasteiger partial charge < -0.3 is 4.74 Å². The molecule has 0 aliphatic carbocycles. The van der Waals surface area contributed by atoms with Crippen molar-refractivity contribution in [2.24, 2.45) is 0 Å². The Labute approximate surface area is 213 Å². The number of benzene rings is 3. The number of carbonyl (C=O) groups excluding carboxylic acids is 1. The summed E-state index contributed by atoms with van der Waals surface area (Å²) in [4.78, 5) is 15.2. The van der Waals surface area contributed by atoms with Gasteiger partial charge >= 0.3 is 6.09 Å². The molecule has 178 valence electrons. The van der Waals surface area contributed by atoms with E-state index in [2.05, 4.69) is 76.1 Å². The maximum Gasteiger partial charge on any atom is 0.416 e. The van der Waals surface area contributed by atoms with E-state index in [0.29, 0.717) is 29.7 Å². The van der Waals surface area contributed by atoms with Crippen molar-refractivity contribution >= 4 is 23.3 Å². The van der Waals surface area contributed by atoms with Gasteiger partial charge in [-0.05, 0) is 78.3 Å². The summed E-state index contributed by atoms with van der Waals surface area (Å²) < 4.78 is 5.74. The number of nitrogens with zero attached hydrogens (tertiary/aromatic N) is 1. The zero-order valence-electron chi connectivity index (χ0n) is 20.6. The predicted molar refractivity (Wildman–Crippen MR) is 144 cm³/mol. The van der Waals surface area contributed by atoms with Crippen molar-refractivity contribution in [2.75, 3.05) is 6.54 Å². The predicted octanol–water partition coefficient (Wildman–Crippen LogP) is 8.11. The highest BCUT2D eigenvalue weighted by atomic mass is 35.5. The molecule has 1 aliphatic heterocycles. The molecule has 0 bridgehead atoms. The lowest BCUT2D eigenvalue weighted by Gasteiger charge is -2.37. The highest BCUT2D eigenvalue weighted by Gasteiger charge is 2.35. The van der Waals surface area contributed by atoms with Crippen molar-refractivity contribution < 1.29 is 9.53 Å². The van der Waals surface area contributed by atoms with Crippen LogP contribution in [0.25, 0.3) is 5.57 Å². The fourth-order valence-electron chi connectivity index (χ4n) is 4.59. The number of hydrogen-bond donors (Lipinski definition) is 0. The Morgan fingerprint density at radius 2 is 1.74 bits per heavy atom. The van der Waals surface area contributed by atoms with Gasteiger partial charge in [-0.15, -0.1) is 6.42 Å². The van der Waals surface area contributed by atoms with Crippen LogP contribution < -0.4 is 4.74 Å². The summed E-state index contributed by atoms with van der Waals surface area (Å²) >= 11 is 5.99. The molecule has 0 fully saturated rings. The molecule has 0 radical (unpaired) electrons. The van der Waals surface area contributed by atoms with Crippen LogP contribution in [0.4, 0.5) is 4.79 Å². The van der Waals surface area contributed by atoms with Crippen molar-refractivity contribution in [2.45, 2.75) is 46.1 Å². The average Bonchev–Trinajstić information content (AvgIpc) is 2.86. The molecule has 0 aromatic heterocycles. The van der Waals surface area contributed by atoms with Crippen molar-refractivity contribution in [3.63, 3.8) is 0 Å². The number of rotatable bonds is 4. The summed E-state index contributed by atoms with van der Waals surface area (Å²) in [7, 11) is 0. The Kier molecular flexibility index (Phi) is 7.34. The van der Waals surface area contributed by atoms with E-state index in [4.69, 9.17) is 22.8 Å². The third-order valence-electron chi connectivity index (χ3n) is 6.56. The van der Waals surface area contributed by atoms with E-state index >= 15 is 0 Å². The minimum Gasteiger partial charge on any atom is -0.410 e.